The topological polar surface area (TPSA) is 23.5 Å². The molecule has 120 valence electrons. The van der Waals surface area contributed by atoms with E-state index < -0.39 is 0 Å². The maximum atomic E-state index is 10.2. The fourth-order valence-corrected chi connectivity index (χ4v) is 5.29. The Morgan fingerprint density at radius 1 is 1.09 bits per heavy atom. The summed E-state index contributed by atoms with van der Waals surface area (Å²) in [5.41, 5.74) is 4.19. The van der Waals surface area contributed by atoms with Crippen molar-refractivity contribution in [2.24, 2.45) is 5.41 Å². The van der Waals surface area contributed by atoms with Crippen LogP contribution in [0.4, 0.5) is 0 Å². The van der Waals surface area contributed by atoms with Gasteiger partial charge in [0.1, 0.15) is 5.75 Å². The molecule has 2 heteroatoms. The SMILES string of the molecule is CN1CCC2(c3ccccc3)c3cc(O)ccc3CC1C2(C)C. The minimum atomic E-state index is -0.0300. The summed E-state index contributed by atoms with van der Waals surface area (Å²) >= 11 is 0. The average molecular weight is 307 g/mol. The van der Waals surface area contributed by atoms with Crippen molar-refractivity contribution < 1.29 is 5.11 Å². The molecule has 4 rings (SSSR count). The normalized spacial score (nSPS) is 29.1. The van der Waals surface area contributed by atoms with Crippen LogP contribution in [0.2, 0.25) is 0 Å². The molecule has 1 fully saturated rings. The van der Waals surface area contributed by atoms with Crippen LogP contribution in [0.3, 0.4) is 0 Å². The number of benzene rings is 2. The highest BCUT2D eigenvalue weighted by molar-refractivity contribution is 5.52. The molecule has 0 amide bonds. The number of nitrogens with zero attached hydrogens (tertiary/aromatic N) is 1. The molecule has 1 saturated heterocycles. The van der Waals surface area contributed by atoms with Crippen molar-refractivity contribution in [1.29, 1.82) is 0 Å². The van der Waals surface area contributed by atoms with E-state index in [2.05, 4.69) is 62.2 Å². The Morgan fingerprint density at radius 2 is 1.83 bits per heavy atom. The number of fused-ring (bicyclic) bond motifs is 4. The van der Waals surface area contributed by atoms with E-state index in [0.717, 1.165) is 19.4 Å². The van der Waals surface area contributed by atoms with E-state index in [-0.39, 0.29) is 10.8 Å². The van der Waals surface area contributed by atoms with E-state index in [1.165, 1.54) is 16.7 Å². The van der Waals surface area contributed by atoms with Crippen LogP contribution in [-0.2, 0) is 11.8 Å². The van der Waals surface area contributed by atoms with Gasteiger partial charge >= 0.3 is 0 Å². The fraction of sp³-hybridized carbons (Fsp3) is 0.429. The third-order valence-electron chi connectivity index (χ3n) is 6.54. The largest absolute Gasteiger partial charge is 0.508 e. The molecule has 2 bridgehead atoms. The molecule has 2 aromatic rings. The lowest BCUT2D eigenvalue weighted by Crippen LogP contribution is -2.64. The molecule has 2 unspecified atom stereocenters. The number of phenols is 1. The molecule has 0 radical (unpaired) electrons. The smallest absolute Gasteiger partial charge is 0.115 e. The summed E-state index contributed by atoms with van der Waals surface area (Å²) < 4.78 is 0. The van der Waals surface area contributed by atoms with E-state index in [1.807, 2.05) is 12.1 Å². The van der Waals surface area contributed by atoms with Crippen molar-refractivity contribution in [3.05, 3.63) is 65.2 Å². The lowest BCUT2D eigenvalue weighted by molar-refractivity contribution is -0.0136. The maximum Gasteiger partial charge on any atom is 0.115 e. The summed E-state index contributed by atoms with van der Waals surface area (Å²) in [6.07, 6.45) is 2.15. The summed E-state index contributed by atoms with van der Waals surface area (Å²) in [5, 5.41) is 10.2. The number of hydrogen-bond acceptors (Lipinski definition) is 2. The Bertz CT molecular complexity index is 737. The van der Waals surface area contributed by atoms with Gasteiger partial charge in [-0.25, -0.2) is 0 Å². The molecule has 1 aliphatic carbocycles. The Hall–Kier alpha value is -1.80. The van der Waals surface area contributed by atoms with Crippen molar-refractivity contribution in [1.82, 2.24) is 4.90 Å². The number of phenolic OH excluding ortho intramolecular Hbond substituents is 1. The monoisotopic (exact) mass is 307 g/mol. The van der Waals surface area contributed by atoms with Gasteiger partial charge in [-0.15, -0.1) is 0 Å². The summed E-state index contributed by atoms with van der Waals surface area (Å²) in [6.45, 7) is 5.92. The van der Waals surface area contributed by atoms with Gasteiger partial charge in [0.15, 0.2) is 0 Å². The van der Waals surface area contributed by atoms with Crippen LogP contribution in [0.25, 0.3) is 0 Å². The molecule has 2 aromatic carbocycles. The molecule has 2 aliphatic rings. The standard InChI is InChI=1S/C21H25NO/c1-20(2)19-13-15-9-10-17(23)14-18(15)21(20,11-12-22(19)3)16-7-5-4-6-8-16/h4-10,14,19,23H,11-13H2,1-3H3. The lowest BCUT2D eigenvalue weighted by Gasteiger charge is -2.61. The van der Waals surface area contributed by atoms with Crippen molar-refractivity contribution in [3.63, 3.8) is 0 Å². The van der Waals surface area contributed by atoms with Crippen molar-refractivity contribution in [3.8, 4) is 5.75 Å². The van der Waals surface area contributed by atoms with Gasteiger partial charge in [0.2, 0.25) is 0 Å². The highest BCUT2D eigenvalue weighted by Gasteiger charge is 2.58. The second-order valence-corrected chi connectivity index (χ2v) is 7.79. The first-order valence-electron chi connectivity index (χ1n) is 8.55. The third kappa shape index (κ3) is 1.85. The summed E-state index contributed by atoms with van der Waals surface area (Å²) in [7, 11) is 2.26. The number of rotatable bonds is 1. The molecule has 1 heterocycles. The molecular formula is C21H25NO. The van der Waals surface area contributed by atoms with Gasteiger partial charge in [0, 0.05) is 11.5 Å². The zero-order valence-electron chi connectivity index (χ0n) is 14.2. The Labute approximate surface area is 138 Å². The van der Waals surface area contributed by atoms with E-state index in [4.69, 9.17) is 0 Å². The first-order valence-corrected chi connectivity index (χ1v) is 8.55. The van der Waals surface area contributed by atoms with E-state index in [9.17, 15) is 5.11 Å². The van der Waals surface area contributed by atoms with Crippen molar-refractivity contribution >= 4 is 0 Å². The second kappa shape index (κ2) is 4.85. The Balaban J connectivity index is 2.05. The average Bonchev–Trinajstić information content (AvgIpc) is 2.52. The zero-order chi connectivity index (χ0) is 16.2. The van der Waals surface area contributed by atoms with Crippen molar-refractivity contribution in [2.75, 3.05) is 13.6 Å². The predicted molar refractivity (Wildman–Crippen MR) is 93.8 cm³/mol. The molecule has 0 saturated carbocycles. The number of piperidine rings is 1. The van der Waals surface area contributed by atoms with Gasteiger partial charge in [-0.3, -0.25) is 0 Å². The summed E-state index contributed by atoms with van der Waals surface area (Å²) in [4.78, 5) is 2.52. The highest BCUT2D eigenvalue weighted by Crippen LogP contribution is 2.59. The van der Waals surface area contributed by atoms with Crippen LogP contribution in [0.5, 0.6) is 5.75 Å². The predicted octanol–water partition coefficient (Wildman–Crippen LogP) is 3.96. The highest BCUT2D eigenvalue weighted by atomic mass is 16.3. The van der Waals surface area contributed by atoms with Crippen LogP contribution < -0.4 is 0 Å². The van der Waals surface area contributed by atoms with E-state index >= 15 is 0 Å². The molecule has 0 spiro atoms. The van der Waals surface area contributed by atoms with Crippen LogP contribution in [0, 0.1) is 5.41 Å². The van der Waals surface area contributed by atoms with Gasteiger partial charge < -0.3 is 10.0 Å². The first-order chi connectivity index (χ1) is 11.0. The number of aromatic hydroxyl groups is 1. The second-order valence-electron chi connectivity index (χ2n) is 7.79. The number of hydrogen-bond donors (Lipinski definition) is 1. The molecule has 1 N–H and O–H groups in total. The Kier molecular flexibility index (Phi) is 3.11. The van der Waals surface area contributed by atoms with Gasteiger partial charge in [0.05, 0.1) is 0 Å². The quantitative estimate of drug-likeness (QED) is 0.862. The zero-order valence-corrected chi connectivity index (χ0v) is 14.2. The lowest BCUT2D eigenvalue weighted by atomic mass is 9.48. The Morgan fingerprint density at radius 3 is 2.57 bits per heavy atom. The van der Waals surface area contributed by atoms with Gasteiger partial charge in [-0.05, 0) is 60.7 Å². The molecule has 1 aliphatic heterocycles. The molecular weight excluding hydrogens is 282 g/mol. The van der Waals surface area contributed by atoms with Crippen molar-refractivity contribution in [2.45, 2.75) is 38.1 Å². The molecule has 23 heavy (non-hydrogen) atoms. The minimum absolute atomic E-state index is 0.0300. The number of likely N-dealkylation sites (tertiary alicyclic amines) is 1. The number of likely N-dealkylation sites (N-methyl/N-ethyl adjacent to an activating group) is 1. The van der Waals surface area contributed by atoms with Crippen LogP contribution in [-0.4, -0.2) is 29.6 Å². The van der Waals surface area contributed by atoms with Crippen LogP contribution in [0.1, 0.15) is 37.0 Å². The van der Waals surface area contributed by atoms with Gasteiger partial charge in [-0.2, -0.15) is 0 Å². The van der Waals surface area contributed by atoms with E-state index in [1.54, 1.807) is 0 Å². The van der Waals surface area contributed by atoms with Crippen LogP contribution >= 0.6 is 0 Å². The van der Waals surface area contributed by atoms with Crippen LogP contribution in [0.15, 0.2) is 48.5 Å². The molecule has 0 aromatic heterocycles. The molecule has 2 nitrogen and oxygen atoms in total. The molecule has 2 atom stereocenters. The fourth-order valence-electron chi connectivity index (χ4n) is 5.29. The first kappa shape index (κ1) is 14.8. The maximum absolute atomic E-state index is 10.2. The van der Waals surface area contributed by atoms with Gasteiger partial charge in [-0.1, -0.05) is 50.2 Å². The minimum Gasteiger partial charge on any atom is -0.508 e. The third-order valence-corrected chi connectivity index (χ3v) is 6.54. The summed E-state index contributed by atoms with van der Waals surface area (Å²) in [6, 6.07) is 17.4. The van der Waals surface area contributed by atoms with E-state index in [0.29, 0.717) is 11.8 Å². The summed E-state index contributed by atoms with van der Waals surface area (Å²) in [5.74, 6) is 0.382. The van der Waals surface area contributed by atoms with Gasteiger partial charge in [0.25, 0.3) is 0 Å².